The van der Waals surface area contributed by atoms with Gasteiger partial charge < -0.3 is 10.1 Å². The van der Waals surface area contributed by atoms with Gasteiger partial charge in [-0.05, 0) is 55.3 Å². The van der Waals surface area contributed by atoms with Gasteiger partial charge in [0.1, 0.15) is 11.6 Å². The molecule has 0 heterocycles. The van der Waals surface area contributed by atoms with E-state index in [9.17, 15) is 26.0 Å². The van der Waals surface area contributed by atoms with Crippen molar-refractivity contribution in [1.29, 1.82) is 0 Å². The topological polar surface area (TPSA) is 122 Å². The molecule has 9 nitrogen and oxygen atoms in total. The minimum absolute atomic E-state index is 0.0530. The first-order valence-electron chi connectivity index (χ1n) is 9.25. The number of methoxy groups -OCH3 is 1. The predicted octanol–water partition coefficient (Wildman–Crippen LogP) is 1.53. The van der Waals surface area contributed by atoms with Crippen molar-refractivity contribution >= 4 is 31.6 Å². The van der Waals surface area contributed by atoms with Crippen molar-refractivity contribution in [2.75, 3.05) is 26.0 Å². The summed E-state index contributed by atoms with van der Waals surface area (Å²) in [5, 5.41) is 2.48. The number of amides is 1. The van der Waals surface area contributed by atoms with Gasteiger partial charge in [-0.2, -0.15) is 4.31 Å². The first kappa shape index (κ1) is 23.1. The molecule has 1 aliphatic rings. The molecule has 1 aliphatic carbocycles. The van der Waals surface area contributed by atoms with Crippen LogP contribution in [-0.4, -0.2) is 53.8 Å². The van der Waals surface area contributed by atoms with Gasteiger partial charge in [0.15, 0.2) is 0 Å². The third kappa shape index (κ3) is 5.58. The second-order valence-electron chi connectivity index (χ2n) is 7.02. The number of halogens is 1. The van der Waals surface area contributed by atoms with E-state index in [1.165, 1.54) is 32.4 Å². The van der Waals surface area contributed by atoms with E-state index in [1.54, 1.807) is 0 Å². The van der Waals surface area contributed by atoms with Crippen LogP contribution in [-0.2, 0) is 24.8 Å². The minimum Gasteiger partial charge on any atom is -0.495 e. The number of nitrogens with one attached hydrogen (secondary N) is 2. The third-order valence-electron chi connectivity index (χ3n) is 4.54. The number of rotatable bonds is 9. The van der Waals surface area contributed by atoms with Crippen LogP contribution in [0.2, 0.25) is 0 Å². The highest BCUT2D eigenvalue weighted by atomic mass is 32.2. The van der Waals surface area contributed by atoms with E-state index < -0.39 is 38.3 Å². The van der Waals surface area contributed by atoms with Crippen LogP contribution < -0.4 is 14.8 Å². The standard InChI is InChI=1S/C19H22FN3O6S2/c1-23(31(27,28)15-7-3-13(20)4-8-15)12-19(24)21-17-11-16(9-10-18(17)29-2)30(25,26)22-14-5-6-14/h3-4,7-11,14,22H,5-6,12H2,1-2H3,(H,21,24). The molecule has 2 aromatic carbocycles. The Morgan fingerprint density at radius 3 is 2.29 bits per heavy atom. The zero-order valence-corrected chi connectivity index (χ0v) is 18.5. The van der Waals surface area contributed by atoms with Gasteiger partial charge in [-0.25, -0.2) is 25.9 Å². The average molecular weight is 472 g/mol. The number of carbonyl (C=O) groups is 1. The molecule has 2 aromatic rings. The second-order valence-corrected chi connectivity index (χ2v) is 10.8. The van der Waals surface area contributed by atoms with Crippen LogP contribution in [0.5, 0.6) is 5.75 Å². The van der Waals surface area contributed by atoms with E-state index in [0.29, 0.717) is 0 Å². The van der Waals surface area contributed by atoms with Crippen molar-refractivity contribution in [1.82, 2.24) is 9.03 Å². The van der Waals surface area contributed by atoms with Crippen LogP contribution in [0.25, 0.3) is 0 Å². The van der Waals surface area contributed by atoms with Crippen molar-refractivity contribution < 1.29 is 30.8 Å². The summed E-state index contributed by atoms with van der Waals surface area (Å²) in [6.45, 7) is -0.555. The number of carbonyl (C=O) groups excluding carboxylic acids is 1. The molecule has 0 aromatic heterocycles. The van der Waals surface area contributed by atoms with E-state index in [0.717, 1.165) is 41.4 Å². The van der Waals surface area contributed by atoms with Crippen molar-refractivity contribution in [2.24, 2.45) is 0 Å². The van der Waals surface area contributed by atoms with E-state index in [4.69, 9.17) is 4.74 Å². The molecule has 1 fully saturated rings. The van der Waals surface area contributed by atoms with Crippen molar-refractivity contribution in [2.45, 2.75) is 28.7 Å². The zero-order chi connectivity index (χ0) is 22.8. The minimum atomic E-state index is -4.03. The van der Waals surface area contributed by atoms with Gasteiger partial charge >= 0.3 is 0 Å². The van der Waals surface area contributed by atoms with E-state index in [2.05, 4.69) is 10.0 Å². The van der Waals surface area contributed by atoms with Crippen LogP contribution >= 0.6 is 0 Å². The Labute approximate surface area is 180 Å². The van der Waals surface area contributed by atoms with Gasteiger partial charge in [-0.15, -0.1) is 0 Å². The first-order chi connectivity index (χ1) is 14.5. The van der Waals surface area contributed by atoms with Crippen LogP contribution in [0, 0.1) is 5.82 Å². The highest BCUT2D eigenvalue weighted by molar-refractivity contribution is 7.89. The summed E-state index contributed by atoms with van der Waals surface area (Å²) in [4.78, 5) is 12.3. The summed E-state index contributed by atoms with van der Waals surface area (Å²) in [5.41, 5.74) is 0.0822. The van der Waals surface area contributed by atoms with Crippen LogP contribution in [0.3, 0.4) is 0 Å². The molecule has 168 valence electrons. The quantitative estimate of drug-likeness (QED) is 0.572. The van der Waals surface area contributed by atoms with Crippen LogP contribution in [0.15, 0.2) is 52.3 Å². The number of hydrogen-bond donors (Lipinski definition) is 2. The SMILES string of the molecule is COc1ccc(S(=O)(=O)NC2CC2)cc1NC(=O)CN(C)S(=O)(=O)c1ccc(F)cc1. The maximum atomic E-state index is 13.1. The van der Waals surface area contributed by atoms with Crippen molar-refractivity contribution in [3.8, 4) is 5.75 Å². The molecular weight excluding hydrogens is 449 g/mol. The largest absolute Gasteiger partial charge is 0.495 e. The lowest BCUT2D eigenvalue weighted by Crippen LogP contribution is -2.35. The lowest BCUT2D eigenvalue weighted by atomic mass is 10.3. The lowest BCUT2D eigenvalue weighted by molar-refractivity contribution is -0.116. The summed E-state index contributed by atoms with van der Waals surface area (Å²) in [6, 6.07) is 8.12. The van der Waals surface area contributed by atoms with Gasteiger partial charge in [0.25, 0.3) is 0 Å². The van der Waals surface area contributed by atoms with E-state index >= 15 is 0 Å². The van der Waals surface area contributed by atoms with Crippen molar-refractivity contribution in [3.63, 3.8) is 0 Å². The van der Waals surface area contributed by atoms with Crippen LogP contribution in [0.4, 0.5) is 10.1 Å². The first-order valence-corrected chi connectivity index (χ1v) is 12.2. The molecule has 0 saturated heterocycles. The fourth-order valence-electron chi connectivity index (χ4n) is 2.70. The summed E-state index contributed by atoms with van der Waals surface area (Å²) < 4.78 is 71.5. The molecule has 12 heteroatoms. The Bertz CT molecular complexity index is 1180. The summed E-state index contributed by atoms with van der Waals surface area (Å²) in [5.74, 6) is -1.09. The third-order valence-corrected chi connectivity index (χ3v) is 7.88. The maximum absolute atomic E-state index is 13.1. The molecule has 0 aliphatic heterocycles. The Hall–Kier alpha value is -2.54. The number of nitrogens with zero attached hydrogens (tertiary/aromatic N) is 1. The van der Waals surface area contributed by atoms with E-state index in [1.807, 2.05) is 0 Å². The highest BCUT2D eigenvalue weighted by Crippen LogP contribution is 2.29. The number of sulfonamides is 2. The van der Waals surface area contributed by atoms with E-state index in [-0.39, 0.29) is 27.3 Å². The summed E-state index contributed by atoms with van der Waals surface area (Å²) in [6.07, 6.45) is 1.54. The number of hydrogen-bond acceptors (Lipinski definition) is 6. The molecule has 0 spiro atoms. The van der Waals surface area contributed by atoms with Gasteiger partial charge in [-0.1, -0.05) is 0 Å². The Balaban J connectivity index is 1.75. The molecule has 0 atom stereocenters. The zero-order valence-electron chi connectivity index (χ0n) is 16.8. The summed E-state index contributed by atoms with van der Waals surface area (Å²) in [7, 11) is -5.23. The molecule has 0 radical (unpaired) electrons. The van der Waals surface area contributed by atoms with Gasteiger partial charge in [0, 0.05) is 13.1 Å². The smallest absolute Gasteiger partial charge is 0.243 e. The molecule has 3 rings (SSSR count). The average Bonchev–Trinajstić information content (AvgIpc) is 3.51. The Morgan fingerprint density at radius 2 is 1.71 bits per heavy atom. The maximum Gasteiger partial charge on any atom is 0.243 e. The molecular formula is C19H22FN3O6S2. The number of likely N-dealkylation sites (N-methyl/N-ethyl adjacent to an activating group) is 1. The number of ether oxygens (including phenoxy) is 1. The van der Waals surface area contributed by atoms with Crippen molar-refractivity contribution in [3.05, 3.63) is 48.3 Å². The van der Waals surface area contributed by atoms with Gasteiger partial charge in [0.05, 0.1) is 29.1 Å². The normalized spacial score (nSPS) is 14.5. The predicted molar refractivity (Wildman–Crippen MR) is 111 cm³/mol. The molecule has 0 unspecified atom stereocenters. The Kier molecular flexibility index (Phi) is 6.65. The molecule has 2 N–H and O–H groups in total. The van der Waals surface area contributed by atoms with Gasteiger partial charge in [0.2, 0.25) is 26.0 Å². The molecule has 0 bridgehead atoms. The fraction of sp³-hybridized carbons (Fsp3) is 0.316. The lowest BCUT2D eigenvalue weighted by Gasteiger charge is -2.18. The van der Waals surface area contributed by atoms with Gasteiger partial charge in [-0.3, -0.25) is 4.79 Å². The number of anilines is 1. The number of benzene rings is 2. The van der Waals surface area contributed by atoms with Crippen LogP contribution in [0.1, 0.15) is 12.8 Å². The highest BCUT2D eigenvalue weighted by Gasteiger charge is 2.29. The fourth-order valence-corrected chi connectivity index (χ4v) is 5.16. The second kappa shape index (κ2) is 8.91. The monoisotopic (exact) mass is 471 g/mol. The Morgan fingerprint density at radius 1 is 1.10 bits per heavy atom. The molecule has 1 amide bonds. The molecule has 1 saturated carbocycles. The summed E-state index contributed by atoms with van der Waals surface area (Å²) >= 11 is 0. The molecule has 31 heavy (non-hydrogen) atoms.